The molecule has 1 saturated heterocycles. The minimum absolute atomic E-state index is 0.00646. The number of halogens is 2. The Morgan fingerprint density at radius 1 is 1.22 bits per heavy atom. The van der Waals surface area contributed by atoms with E-state index in [4.69, 9.17) is 16.3 Å². The van der Waals surface area contributed by atoms with Gasteiger partial charge >= 0.3 is 5.97 Å². The van der Waals surface area contributed by atoms with Crippen LogP contribution in [0.15, 0.2) is 35.9 Å². The van der Waals surface area contributed by atoms with Crippen LogP contribution in [0.25, 0.3) is 5.57 Å². The summed E-state index contributed by atoms with van der Waals surface area (Å²) in [6.07, 6.45) is 7.75. The van der Waals surface area contributed by atoms with Gasteiger partial charge in [-0.1, -0.05) is 51.4 Å². The third kappa shape index (κ3) is 4.05. The van der Waals surface area contributed by atoms with E-state index in [2.05, 4.69) is 33.8 Å². The zero-order valence-electron chi connectivity index (χ0n) is 19.5. The number of ether oxygens (including phenoxy) is 1. The van der Waals surface area contributed by atoms with Gasteiger partial charge in [0.15, 0.2) is 0 Å². The molecule has 1 aliphatic heterocycles. The lowest BCUT2D eigenvalue weighted by Gasteiger charge is -2.46. The van der Waals surface area contributed by atoms with Crippen LogP contribution in [0, 0.1) is 28.5 Å². The first-order valence-electron chi connectivity index (χ1n) is 11.8. The Bertz CT molecular complexity index is 966. The third-order valence-electron chi connectivity index (χ3n) is 8.39. The molecule has 32 heavy (non-hydrogen) atoms. The number of aliphatic hydroxyl groups is 1. The van der Waals surface area contributed by atoms with E-state index in [9.17, 15) is 14.3 Å². The van der Waals surface area contributed by atoms with Crippen molar-refractivity contribution >= 4 is 23.1 Å². The van der Waals surface area contributed by atoms with Crippen LogP contribution >= 0.6 is 11.6 Å². The summed E-state index contributed by atoms with van der Waals surface area (Å²) in [6.45, 7) is 9.20. The molecule has 174 valence electrons. The lowest BCUT2D eigenvalue weighted by atomic mass is 9.58. The topological polar surface area (TPSA) is 46.5 Å². The molecule has 0 aromatic heterocycles. The van der Waals surface area contributed by atoms with Gasteiger partial charge < -0.3 is 9.84 Å². The van der Waals surface area contributed by atoms with Crippen LogP contribution in [0.2, 0.25) is 5.02 Å². The van der Waals surface area contributed by atoms with Gasteiger partial charge in [-0.05, 0) is 83.3 Å². The Kier molecular flexibility index (Phi) is 6.32. The van der Waals surface area contributed by atoms with Crippen molar-refractivity contribution in [3.8, 4) is 0 Å². The van der Waals surface area contributed by atoms with Crippen LogP contribution in [0.4, 0.5) is 4.39 Å². The number of aliphatic hydroxyl groups excluding tert-OH is 1. The van der Waals surface area contributed by atoms with Crippen molar-refractivity contribution in [3.05, 3.63) is 52.3 Å². The Labute approximate surface area is 195 Å². The van der Waals surface area contributed by atoms with E-state index in [1.165, 1.54) is 17.2 Å². The highest BCUT2D eigenvalue weighted by atomic mass is 35.5. The van der Waals surface area contributed by atoms with E-state index in [0.29, 0.717) is 18.3 Å². The van der Waals surface area contributed by atoms with E-state index in [1.54, 1.807) is 6.07 Å². The average molecular weight is 461 g/mol. The number of fused-ring (bicyclic) bond motifs is 2. The molecule has 1 heterocycles. The van der Waals surface area contributed by atoms with Crippen molar-refractivity contribution in [2.24, 2.45) is 22.7 Å². The highest BCUT2D eigenvalue weighted by Crippen LogP contribution is 2.67. The minimum Gasteiger partial charge on any atom is -0.458 e. The molecule has 5 heteroatoms. The molecular weight excluding hydrogens is 427 g/mol. The standard InChI is InChI=1S/C27H34ClFO3/c1-16(2)26-9-10-27(15-26,17(3)4)22(7-6-20-12-19(30)13-25(31)32-20)21(14-26)18-5-8-24(29)23(28)11-18/h5-8,11,16-17,19-20,30H,9-10,12-15H2,1-4H3/t19-,20-,26?,27?/m0/s1. The molecule has 3 nitrogen and oxygen atoms in total. The fourth-order valence-corrected chi connectivity index (χ4v) is 6.43. The quantitative estimate of drug-likeness (QED) is 0.495. The van der Waals surface area contributed by atoms with E-state index in [0.717, 1.165) is 31.2 Å². The van der Waals surface area contributed by atoms with Gasteiger partial charge in [0.25, 0.3) is 0 Å². The van der Waals surface area contributed by atoms with Gasteiger partial charge in [-0.15, -0.1) is 0 Å². The summed E-state index contributed by atoms with van der Waals surface area (Å²) in [5, 5.41) is 10.2. The maximum absolute atomic E-state index is 14.0. The van der Waals surface area contributed by atoms with Crippen LogP contribution in [0.1, 0.15) is 71.8 Å². The van der Waals surface area contributed by atoms with Crippen molar-refractivity contribution in [1.82, 2.24) is 0 Å². The molecule has 0 spiro atoms. The largest absolute Gasteiger partial charge is 0.458 e. The van der Waals surface area contributed by atoms with Crippen LogP contribution in [-0.4, -0.2) is 23.3 Å². The van der Waals surface area contributed by atoms with Crippen LogP contribution in [0.3, 0.4) is 0 Å². The number of benzene rings is 1. The molecule has 2 fully saturated rings. The van der Waals surface area contributed by atoms with Crippen molar-refractivity contribution in [3.63, 3.8) is 0 Å². The predicted octanol–water partition coefficient (Wildman–Crippen LogP) is 6.73. The summed E-state index contributed by atoms with van der Waals surface area (Å²) in [4.78, 5) is 11.8. The van der Waals surface area contributed by atoms with Gasteiger partial charge in [-0.2, -0.15) is 0 Å². The van der Waals surface area contributed by atoms with Crippen LogP contribution in [0.5, 0.6) is 0 Å². The fourth-order valence-electron chi connectivity index (χ4n) is 6.24. The van der Waals surface area contributed by atoms with Gasteiger partial charge in [0.2, 0.25) is 0 Å². The van der Waals surface area contributed by atoms with Gasteiger partial charge in [-0.25, -0.2) is 4.39 Å². The lowest BCUT2D eigenvalue weighted by molar-refractivity contribution is -0.156. The second kappa shape index (κ2) is 8.61. The first-order chi connectivity index (χ1) is 15.1. The van der Waals surface area contributed by atoms with Gasteiger partial charge in [-0.3, -0.25) is 4.79 Å². The highest BCUT2D eigenvalue weighted by molar-refractivity contribution is 6.30. The summed E-state index contributed by atoms with van der Waals surface area (Å²) < 4.78 is 19.4. The number of carbonyl (C=O) groups is 1. The molecule has 4 atom stereocenters. The maximum atomic E-state index is 14.0. The summed E-state index contributed by atoms with van der Waals surface area (Å²) in [5.74, 6) is 0.189. The van der Waals surface area contributed by atoms with Crippen molar-refractivity contribution in [2.45, 2.75) is 78.4 Å². The molecule has 1 aromatic carbocycles. The smallest absolute Gasteiger partial charge is 0.309 e. The number of cyclic esters (lactones) is 1. The molecule has 2 bridgehead atoms. The van der Waals surface area contributed by atoms with Gasteiger partial charge in [0, 0.05) is 6.42 Å². The first kappa shape index (κ1) is 23.5. The number of esters is 1. The second-order valence-corrected chi connectivity index (χ2v) is 11.1. The molecule has 3 aliphatic rings. The lowest BCUT2D eigenvalue weighted by Crippen LogP contribution is -2.36. The Morgan fingerprint density at radius 3 is 2.59 bits per heavy atom. The normalized spacial score (nSPS) is 33.0. The van der Waals surface area contributed by atoms with Crippen molar-refractivity contribution in [2.75, 3.05) is 0 Å². The summed E-state index contributed by atoms with van der Waals surface area (Å²) in [6, 6.07) is 5.03. The molecule has 1 N–H and O–H groups in total. The van der Waals surface area contributed by atoms with Crippen molar-refractivity contribution < 1.29 is 19.0 Å². The van der Waals surface area contributed by atoms with Gasteiger partial charge in [0.05, 0.1) is 17.5 Å². The monoisotopic (exact) mass is 460 g/mol. The molecule has 0 amide bonds. The minimum atomic E-state index is -0.666. The Hall–Kier alpha value is -1.65. The van der Waals surface area contributed by atoms with Crippen molar-refractivity contribution in [1.29, 1.82) is 0 Å². The van der Waals surface area contributed by atoms with E-state index >= 15 is 0 Å². The Morgan fingerprint density at radius 2 is 1.97 bits per heavy atom. The SMILES string of the molecule is CC(C)C12CCC(C(C)C)(C1)C(C=C[C@H]1C[C@H](O)CC(=O)O1)=C(c1ccc(F)c(Cl)c1)C2. The van der Waals surface area contributed by atoms with Crippen LogP contribution < -0.4 is 0 Å². The maximum Gasteiger partial charge on any atom is 0.309 e. The molecule has 0 radical (unpaired) electrons. The summed E-state index contributed by atoms with van der Waals surface area (Å²) in [5.41, 5.74) is 3.66. The number of carbonyl (C=O) groups excluding carboxylic acids is 1. The van der Waals surface area contributed by atoms with E-state index in [1.807, 2.05) is 12.1 Å². The number of rotatable bonds is 5. The summed E-state index contributed by atoms with van der Waals surface area (Å²) >= 11 is 6.19. The van der Waals surface area contributed by atoms with Gasteiger partial charge in [0.1, 0.15) is 11.9 Å². The molecule has 1 aromatic rings. The molecule has 4 rings (SSSR count). The van der Waals surface area contributed by atoms with E-state index < -0.39 is 18.0 Å². The zero-order chi connectivity index (χ0) is 23.3. The third-order valence-corrected chi connectivity index (χ3v) is 8.68. The zero-order valence-corrected chi connectivity index (χ0v) is 20.2. The van der Waals surface area contributed by atoms with E-state index in [-0.39, 0.29) is 28.2 Å². The number of hydrogen-bond donors (Lipinski definition) is 1. The summed E-state index contributed by atoms with van der Waals surface area (Å²) in [7, 11) is 0. The van der Waals surface area contributed by atoms with Crippen LogP contribution in [-0.2, 0) is 9.53 Å². The molecule has 1 saturated carbocycles. The second-order valence-electron chi connectivity index (χ2n) is 10.7. The molecule has 2 unspecified atom stereocenters. The Balaban J connectivity index is 1.85. The number of hydrogen-bond acceptors (Lipinski definition) is 3. The molecular formula is C27H34ClFO3. The first-order valence-corrected chi connectivity index (χ1v) is 12.2. The highest BCUT2D eigenvalue weighted by Gasteiger charge is 2.56. The fraction of sp³-hybridized carbons (Fsp3) is 0.593. The average Bonchev–Trinajstić information content (AvgIpc) is 3.05. The predicted molar refractivity (Wildman–Crippen MR) is 126 cm³/mol. The number of allylic oxidation sites excluding steroid dienone is 3. The molecule has 2 aliphatic carbocycles.